The van der Waals surface area contributed by atoms with Crippen LogP contribution in [0.2, 0.25) is 0 Å². The molecule has 9 heteroatoms. The molecule has 37 heavy (non-hydrogen) atoms. The van der Waals surface area contributed by atoms with E-state index in [2.05, 4.69) is 16.8 Å². The second-order valence-electron chi connectivity index (χ2n) is 9.39. The lowest BCUT2D eigenvalue weighted by Gasteiger charge is -2.40. The number of fused-ring (bicyclic) bond motifs is 1. The Labute approximate surface area is 212 Å². The first-order valence-corrected chi connectivity index (χ1v) is 12.0. The second kappa shape index (κ2) is 11.4. The van der Waals surface area contributed by atoms with Crippen molar-refractivity contribution in [1.82, 2.24) is 9.88 Å². The summed E-state index contributed by atoms with van der Waals surface area (Å²) in [6.45, 7) is 1.19. The van der Waals surface area contributed by atoms with Crippen LogP contribution < -0.4 is 4.74 Å². The van der Waals surface area contributed by atoms with E-state index in [1.54, 1.807) is 18.2 Å². The highest BCUT2D eigenvalue weighted by atomic mass is 19.2. The van der Waals surface area contributed by atoms with Crippen LogP contribution in [0.3, 0.4) is 0 Å². The molecular formula is C28H27F5N2O2. The Morgan fingerprint density at radius 2 is 1.78 bits per heavy atom. The van der Waals surface area contributed by atoms with E-state index in [0.717, 1.165) is 6.20 Å². The van der Waals surface area contributed by atoms with Gasteiger partial charge in [0.05, 0.1) is 30.9 Å². The first-order valence-electron chi connectivity index (χ1n) is 12.0. The molecule has 0 radical (unpaired) electrons. The van der Waals surface area contributed by atoms with Crippen LogP contribution >= 0.6 is 0 Å². The predicted octanol–water partition coefficient (Wildman–Crippen LogP) is 5.72. The van der Waals surface area contributed by atoms with Gasteiger partial charge in [-0.05, 0) is 62.4 Å². The van der Waals surface area contributed by atoms with Gasteiger partial charge >= 0.3 is 0 Å². The van der Waals surface area contributed by atoms with Crippen molar-refractivity contribution in [2.24, 2.45) is 5.41 Å². The van der Waals surface area contributed by atoms with Gasteiger partial charge in [0, 0.05) is 29.7 Å². The van der Waals surface area contributed by atoms with Gasteiger partial charge in [0.25, 0.3) is 0 Å². The van der Waals surface area contributed by atoms with Crippen molar-refractivity contribution in [1.29, 1.82) is 0 Å². The van der Waals surface area contributed by atoms with Crippen molar-refractivity contribution in [2.45, 2.75) is 31.9 Å². The van der Waals surface area contributed by atoms with Gasteiger partial charge in [-0.15, -0.1) is 0 Å². The molecule has 1 aliphatic heterocycles. The summed E-state index contributed by atoms with van der Waals surface area (Å²) in [6, 6.07) is 6.06. The number of halogens is 5. The average molecular weight is 519 g/mol. The van der Waals surface area contributed by atoms with Crippen LogP contribution in [0.25, 0.3) is 10.9 Å². The van der Waals surface area contributed by atoms with E-state index in [-0.39, 0.29) is 25.1 Å². The van der Waals surface area contributed by atoms with Crippen LogP contribution in [0.4, 0.5) is 22.0 Å². The smallest absolute Gasteiger partial charge is 0.148 e. The molecule has 1 fully saturated rings. The summed E-state index contributed by atoms with van der Waals surface area (Å²) in [5.41, 5.74) is -0.609. The van der Waals surface area contributed by atoms with E-state index in [1.807, 2.05) is 4.90 Å². The number of benzene rings is 2. The zero-order valence-corrected chi connectivity index (χ0v) is 20.3. The maximum Gasteiger partial charge on any atom is 0.148 e. The SMILES string of the molecule is COc1ccc2ncc(F)c(C(F)CCC3(CO)CCN(CC#Cc4c(F)cc(F)cc4F)CC3)c2c1. The molecule has 1 aliphatic rings. The average Bonchev–Trinajstić information content (AvgIpc) is 2.89. The van der Waals surface area contributed by atoms with Gasteiger partial charge in [-0.3, -0.25) is 9.88 Å². The first-order chi connectivity index (χ1) is 17.7. The molecule has 0 spiro atoms. The molecule has 4 nitrogen and oxygen atoms in total. The predicted molar refractivity (Wildman–Crippen MR) is 130 cm³/mol. The Morgan fingerprint density at radius 1 is 1.08 bits per heavy atom. The summed E-state index contributed by atoms with van der Waals surface area (Å²) in [5, 5.41) is 10.5. The van der Waals surface area contributed by atoms with Crippen molar-refractivity contribution in [2.75, 3.05) is 33.4 Å². The van der Waals surface area contributed by atoms with E-state index in [0.29, 0.717) is 61.1 Å². The number of piperidine rings is 1. The standard InChI is InChI=1S/C28H27F5N2O2/c1-37-19-4-5-26-21(15-19)27(25(33)16-34-26)22(30)6-7-28(17-36)8-11-35(12-9-28)10-2-3-20-23(31)13-18(29)14-24(20)32/h4-5,13-16,22,36H,6-12,17H2,1H3. The number of aromatic nitrogens is 1. The molecule has 1 saturated heterocycles. The zero-order valence-electron chi connectivity index (χ0n) is 20.3. The number of rotatable bonds is 7. The number of hydrogen-bond donors (Lipinski definition) is 1. The summed E-state index contributed by atoms with van der Waals surface area (Å²) in [4.78, 5) is 6.00. The number of hydrogen-bond acceptors (Lipinski definition) is 4. The van der Waals surface area contributed by atoms with Crippen LogP contribution in [-0.2, 0) is 0 Å². The van der Waals surface area contributed by atoms with Crippen molar-refractivity contribution in [3.8, 4) is 17.6 Å². The Balaban J connectivity index is 1.38. The van der Waals surface area contributed by atoms with E-state index in [1.165, 1.54) is 7.11 Å². The third-order valence-corrected chi connectivity index (χ3v) is 7.08. The molecule has 3 aromatic rings. The van der Waals surface area contributed by atoms with E-state index in [4.69, 9.17) is 4.74 Å². The minimum atomic E-state index is -1.59. The van der Waals surface area contributed by atoms with Gasteiger partial charge in [0.1, 0.15) is 35.2 Å². The summed E-state index contributed by atoms with van der Waals surface area (Å²) >= 11 is 0. The van der Waals surface area contributed by atoms with Gasteiger partial charge in [-0.2, -0.15) is 0 Å². The highest BCUT2D eigenvalue weighted by molar-refractivity contribution is 5.84. The highest BCUT2D eigenvalue weighted by Crippen LogP contribution is 2.40. The van der Waals surface area contributed by atoms with Gasteiger partial charge in [0.2, 0.25) is 0 Å². The summed E-state index contributed by atoms with van der Waals surface area (Å²) < 4.78 is 75.8. The van der Waals surface area contributed by atoms with Crippen molar-refractivity contribution in [3.63, 3.8) is 0 Å². The number of nitrogens with zero attached hydrogens (tertiary/aromatic N) is 2. The molecule has 0 saturated carbocycles. The summed E-state index contributed by atoms with van der Waals surface area (Å²) in [5.74, 6) is 1.76. The monoisotopic (exact) mass is 518 g/mol. The molecule has 1 aromatic heterocycles. The Morgan fingerprint density at radius 3 is 2.43 bits per heavy atom. The van der Waals surface area contributed by atoms with Crippen molar-refractivity contribution in [3.05, 3.63) is 70.9 Å². The van der Waals surface area contributed by atoms with E-state index < -0.39 is 40.4 Å². The maximum atomic E-state index is 15.4. The lowest BCUT2D eigenvalue weighted by atomic mass is 9.74. The van der Waals surface area contributed by atoms with Gasteiger partial charge < -0.3 is 9.84 Å². The fraction of sp³-hybridized carbons (Fsp3) is 0.393. The Hall–Kier alpha value is -3.22. The lowest BCUT2D eigenvalue weighted by Crippen LogP contribution is -2.42. The summed E-state index contributed by atoms with van der Waals surface area (Å²) in [6.07, 6.45) is 0.919. The lowest BCUT2D eigenvalue weighted by molar-refractivity contribution is 0.0343. The van der Waals surface area contributed by atoms with Crippen LogP contribution in [0.15, 0.2) is 36.5 Å². The molecule has 1 atom stereocenters. The highest BCUT2D eigenvalue weighted by Gasteiger charge is 2.35. The summed E-state index contributed by atoms with van der Waals surface area (Å²) in [7, 11) is 1.48. The molecule has 2 aromatic carbocycles. The Kier molecular flexibility index (Phi) is 8.30. The van der Waals surface area contributed by atoms with Gasteiger partial charge in [-0.25, -0.2) is 22.0 Å². The number of likely N-dealkylation sites (tertiary alicyclic amines) is 1. The van der Waals surface area contributed by atoms with Crippen LogP contribution in [0, 0.1) is 40.5 Å². The van der Waals surface area contributed by atoms with Crippen LogP contribution in [-0.4, -0.2) is 48.3 Å². The maximum absolute atomic E-state index is 15.4. The van der Waals surface area contributed by atoms with E-state index in [9.17, 15) is 22.7 Å². The number of aliphatic hydroxyl groups is 1. The van der Waals surface area contributed by atoms with E-state index >= 15 is 4.39 Å². The Bertz CT molecular complexity index is 1310. The molecule has 0 bridgehead atoms. The van der Waals surface area contributed by atoms with Gasteiger partial charge in [0.15, 0.2) is 0 Å². The van der Waals surface area contributed by atoms with Crippen molar-refractivity contribution >= 4 is 10.9 Å². The molecule has 4 rings (SSSR count). The number of ether oxygens (including phenoxy) is 1. The number of alkyl halides is 1. The van der Waals surface area contributed by atoms with Crippen molar-refractivity contribution < 1.29 is 31.8 Å². The zero-order chi connectivity index (χ0) is 26.6. The topological polar surface area (TPSA) is 45.6 Å². The fourth-order valence-electron chi connectivity index (χ4n) is 4.76. The molecule has 0 aliphatic carbocycles. The normalized spacial score (nSPS) is 16.3. The molecule has 2 heterocycles. The number of methoxy groups -OCH3 is 1. The van der Waals surface area contributed by atoms with Crippen LogP contribution in [0.1, 0.15) is 43.0 Å². The largest absolute Gasteiger partial charge is 0.497 e. The minimum Gasteiger partial charge on any atom is -0.497 e. The molecule has 0 amide bonds. The third kappa shape index (κ3) is 6.03. The molecule has 196 valence electrons. The molecule has 1 N–H and O–H groups in total. The number of aliphatic hydroxyl groups excluding tert-OH is 1. The minimum absolute atomic E-state index is 0.0245. The second-order valence-corrected chi connectivity index (χ2v) is 9.39. The molecular weight excluding hydrogens is 491 g/mol. The molecule has 1 unspecified atom stereocenters. The number of pyridine rings is 1. The first kappa shape index (κ1) is 26.8. The fourth-order valence-corrected chi connectivity index (χ4v) is 4.76. The van der Waals surface area contributed by atoms with Crippen LogP contribution in [0.5, 0.6) is 5.75 Å². The quantitative estimate of drug-likeness (QED) is 0.321. The third-order valence-electron chi connectivity index (χ3n) is 7.08. The van der Waals surface area contributed by atoms with Gasteiger partial charge in [-0.1, -0.05) is 11.8 Å².